The summed E-state index contributed by atoms with van der Waals surface area (Å²) in [6.07, 6.45) is 1.26. The molecule has 0 fully saturated rings. The van der Waals surface area contributed by atoms with Crippen LogP contribution in [-0.4, -0.2) is 22.0 Å². The molecule has 0 saturated heterocycles. The molecule has 0 bridgehead atoms. The molecule has 1 heterocycles. The van der Waals surface area contributed by atoms with Crippen LogP contribution in [0.1, 0.15) is 32.0 Å². The topological polar surface area (TPSA) is 79.3 Å². The molecule has 0 atom stereocenters. The first-order valence-corrected chi connectivity index (χ1v) is 6.10. The molecule has 2 N–H and O–H groups in total. The Labute approximate surface area is 116 Å². The number of aryl methyl sites for hydroxylation is 1. The molecule has 5 heteroatoms. The molecule has 1 amide bonds. The van der Waals surface area contributed by atoms with E-state index < -0.39 is 5.97 Å². The van der Waals surface area contributed by atoms with Gasteiger partial charge < -0.3 is 10.4 Å². The zero-order chi connectivity index (χ0) is 14.5. The van der Waals surface area contributed by atoms with Gasteiger partial charge in [-0.3, -0.25) is 4.79 Å². The molecule has 0 aliphatic carbocycles. The van der Waals surface area contributed by atoms with E-state index >= 15 is 0 Å². The lowest BCUT2D eigenvalue weighted by atomic mass is 10.1. The maximum Gasteiger partial charge on any atom is 0.354 e. The number of pyridine rings is 1. The van der Waals surface area contributed by atoms with Gasteiger partial charge in [0.1, 0.15) is 5.69 Å². The maximum absolute atomic E-state index is 11.9. The smallest absolute Gasteiger partial charge is 0.354 e. The van der Waals surface area contributed by atoms with Gasteiger partial charge in [-0.15, -0.1) is 0 Å². The molecule has 0 aliphatic rings. The van der Waals surface area contributed by atoms with Gasteiger partial charge in [0.05, 0.1) is 5.56 Å². The monoisotopic (exact) mass is 270 g/mol. The molecule has 20 heavy (non-hydrogen) atoms. The zero-order valence-electron chi connectivity index (χ0n) is 11.0. The Kier molecular flexibility index (Phi) is 4.10. The Balaban J connectivity index is 2.02. The van der Waals surface area contributed by atoms with Crippen molar-refractivity contribution in [1.82, 2.24) is 10.3 Å². The van der Waals surface area contributed by atoms with E-state index in [1.165, 1.54) is 18.3 Å². The Morgan fingerprint density at radius 2 is 1.95 bits per heavy atom. The fourth-order valence-corrected chi connectivity index (χ4v) is 1.74. The molecular formula is C15H14N2O3. The summed E-state index contributed by atoms with van der Waals surface area (Å²) >= 11 is 0. The lowest BCUT2D eigenvalue weighted by Crippen LogP contribution is -2.23. The number of nitrogens with zero attached hydrogens (tertiary/aromatic N) is 1. The van der Waals surface area contributed by atoms with Crippen LogP contribution in [0.4, 0.5) is 0 Å². The summed E-state index contributed by atoms with van der Waals surface area (Å²) < 4.78 is 0. The predicted molar refractivity (Wildman–Crippen MR) is 73.5 cm³/mol. The van der Waals surface area contributed by atoms with Crippen molar-refractivity contribution < 1.29 is 14.7 Å². The number of carboxylic acid groups (broad SMARTS) is 1. The second kappa shape index (κ2) is 5.97. The standard InChI is InChI=1S/C15H14N2O3/c1-10-4-2-3-5-11(10)8-17-14(18)12-6-7-13(15(19)20)16-9-12/h2-7,9H,8H2,1H3,(H,17,18)(H,19,20). The van der Waals surface area contributed by atoms with Crippen LogP contribution in [0.2, 0.25) is 0 Å². The van der Waals surface area contributed by atoms with E-state index in [9.17, 15) is 9.59 Å². The summed E-state index contributed by atoms with van der Waals surface area (Å²) in [4.78, 5) is 26.3. The van der Waals surface area contributed by atoms with Crippen LogP contribution in [0, 0.1) is 6.92 Å². The van der Waals surface area contributed by atoms with E-state index in [2.05, 4.69) is 10.3 Å². The molecule has 0 unspecified atom stereocenters. The van der Waals surface area contributed by atoms with E-state index in [1.54, 1.807) is 0 Å². The van der Waals surface area contributed by atoms with Crippen LogP contribution in [-0.2, 0) is 6.54 Å². The van der Waals surface area contributed by atoms with Crippen molar-refractivity contribution in [2.24, 2.45) is 0 Å². The fourth-order valence-electron chi connectivity index (χ4n) is 1.74. The normalized spacial score (nSPS) is 10.1. The number of hydrogen-bond donors (Lipinski definition) is 2. The van der Waals surface area contributed by atoms with Crippen molar-refractivity contribution in [3.05, 3.63) is 65.0 Å². The summed E-state index contributed by atoms with van der Waals surface area (Å²) in [5.41, 5.74) is 2.40. The van der Waals surface area contributed by atoms with E-state index in [0.29, 0.717) is 12.1 Å². The average Bonchev–Trinajstić information content (AvgIpc) is 2.46. The Hall–Kier alpha value is -2.69. The maximum atomic E-state index is 11.9. The molecule has 0 aliphatic heterocycles. The first-order chi connectivity index (χ1) is 9.58. The van der Waals surface area contributed by atoms with Crippen LogP contribution < -0.4 is 5.32 Å². The Bertz CT molecular complexity index is 636. The molecule has 5 nitrogen and oxygen atoms in total. The van der Waals surface area contributed by atoms with Crippen molar-refractivity contribution in [2.45, 2.75) is 13.5 Å². The number of carbonyl (C=O) groups excluding carboxylic acids is 1. The first kappa shape index (κ1) is 13.7. The number of aromatic nitrogens is 1. The Morgan fingerprint density at radius 1 is 1.20 bits per heavy atom. The van der Waals surface area contributed by atoms with Gasteiger partial charge in [-0.05, 0) is 30.2 Å². The van der Waals surface area contributed by atoms with Gasteiger partial charge in [-0.25, -0.2) is 9.78 Å². The summed E-state index contributed by atoms with van der Waals surface area (Å²) in [5.74, 6) is -1.39. The largest absolute Gasteiger partial charge is 0.477 e. The van der Waals surface area contributed by atoms with E-state index in [-0.39, 0.29) is 11.6 Å². The van der Waals surface area contributed by atoms with Crippen LogP contribution in [0.25, 0.3) is 0 Å². The van der Waals surface area contributed by atoms with Crippen LogP contribution in [0.3, 0.4) is 0 Å². The van der Waals surface area contributed by atoms with Gasteiger partial charge in [0.25, 0.3) is 5.91 Å². The molecule has 1 aromatic carbocycles. The third kappa shape index (κ3) is 3.20. The van der Waals surface area contributed by atoms with Crippen molar-refractivity contribution >= 4 is 11.9 Å². The van der Waals surface area contributed by atoms with Crippen molar-refractivity contribution in [1.29, 1.82) is 0 Å². The number of rotatable bonds is 4. The summed E-state index contributed by atoms with van der Waals surface area (Å²) in [6.45, 7) is 2.40. The number of amides is 1. The molecular weight excluding hydrogens is 256 g/mol. The van der Waals surface area contributed by atoms with Gasteiger partial charge in [0.2, 0.25) is 0 Å². The van der Waals surface area contributed by atoms with E-state index in [1.807, 2.05) is 31.2 Å². The van der Waals surface area contributed by atoms with Gasteiger partial charge in [0.15, 0.2) is 0 Å². The summed E-state index contributed by atoms with van der Waals surface area (Å²) in [7, 11) is 0. The van der Waals surface area contributed by atoms with Crippen LogP contribution in [0.5, 0.6) is 0 Å². The number of carbonyl (C=O) groups is 2. The number of hydrogen-bond acceptors (Lipinski definition) is 3. The Morgan fingerprint density at radius 3 is 2.55 bits per heavy atom. The van der Waals surface area contributed by atoms with Gasteiger partial charge in [-0.1, -0.05) is 24.3 Å². The second-order valence-corrected chi connectivity index (χ2v) is 4.35. The third-order valence-corrected chi connectivity index (χ3v) is 2.95. The molecule has 1 aromatic heterocycles. The number of nitrogens with one attached hydrogen (secondary N) is 1. The van der Waals surface area contributed by atoms with Crippen molar-refractivity contribution in [3.8, 4) is 0 Å². The molecule has 102 valence electrons. The minimum Gasteiger partial charge on any atom is -0.477 e. The van der Waals surface area contributed by atoms with Crippen molar-refractivity contribution in [3.63, 3.8) is 0 Å². The summed E-state index contributed by atoms with van der Waals surface area (Å²) in [6, 6.07) is 10.5. The highest BCUT2D eigenvalue weighted by Gasteiger charge is 2.09. The van der Waals surface area contributed by atoms with Crippen LogP contribution >= 0.6 is 0 Å². The minimum atomic E-state index is -1.11. The zero-order valence-corrected chi connectivity index (χ0v) is 11.0. The van der Waals surface area contributed by atoms with Gasteiger partial charge in [-0.2, -0.15) is 0 Å². The first-order valence-electron chi connectivity index (χ1n) is 6.10. The SMILES string of the molecule is Cc1ccccc1CNC(=O)c1ccc(C(=O)O)nc1. The van der Waals surface area contributed by atoms with Gasteiger partial charge in [0, 0.05) is 12.7 Å². The lowest BCUT2D eigenvalue weighted by molar-refractivity contribution is 0.0689. The van der Waals surface area contributed by atoms with E-state index in [0.717, 1.165) is 11.1 Å². The predicted octanol–water partition coefficient (Wildman–Crippen LogP) is 2.02. The molecule has 0 radical (unpaired) electrons. The number of aromatic carboxylic acids is 1. The van der Waals surface area contributed by atoms with Crippen LogP contribution in [0.15, 0.2) is 42.6 Å². The molecule has 2 rings (SSSR count). The average molecular weight is 270 g/mol. The number of carboxylic acids is 1. The third-order valence-electron chi connectivity index (χ3n) is 2.95. The van der Waals surface area contributed by atoms with E-state index in [4.69, 9.17) is 5.11 Å². The second-order valence-electron chi connectivity index (χ2n) is 4.35. The highest BCUT2D eigenvalue weighted by Crippen LogP contribution is 2.07. The van der Waals surface area contributed by atoms with Crippen molar-refractivity contribution in [2.75, 3.05) is 0 Å². The highest BCUT2D eigenvalue weighted by molar-refractivity contribution is 5.94. The molecule has 0 spiro atoms. The minimum absolute atomic E-state index is 0.0829. The molecule has 0 saturated carbocycles. The summed E-state index contributed by atoms with van der Waals surface area (Å²) in [5, 5.41) is 11.5. The number of benzene rings is 1. The quantitative estimate of drug-likeness (QED) is 0.890. The highest BCUT2D eigenvalue weighted by atomic mass is 16.4. The molecule has 2 aromatic rings. The lowest BCUT2D eigenvalue weighted by Gasteiger charge is -2.07. The van der Waals surface area contributed by atoms with Gasteiger partial charge >= 0.3 is 5.97 Å². The fraction of sp³-hybridized carbons (Fsp3) is 0.133.